The molecule has 0 aromatic carbocycles. The second-order valence-electron chi connectivity index (χ2n) is 9.27. The highest BCUT2D eigenvalue weighted by Gasteiger charge is 2.60. The first kappa shape index (κ1) is 15.0. The predicted octanol–water partition coefficient (Wildman–Crippen LogP) is 3.21. The van der Waals surface area contributed by atoms with Gasteiger partial charge >= 0.3 is 0 Å². The number of nitrogens with zero attached hydrogens (tertiary/aromatic N) is 1. The molecule has 124 valence electrons. The van der Waals surface area contributed by atoms with Crippen molar-refractivity contribution in [2.75, 3.05) is 7.05 Å². The summed E-state index contributed by atoms with van der Waals surface area (Å²) < 4.78 is 0. The predicted molar refractivity (Wildman–Crippen MR) is 86.2 cm³/mol. The number of aliphatic hydroxyl groups excluding tert-OH is 1. The van der Waals surface area contributed by atoms with Gasteiger partial charge in [-0.25, -0.2) is 0 Å². The van der Waals surface area contributed by atoms with Crippen LogP contribution in [0.15, 0.2) is 0 Å². The van der Waals surface area contributed by atoms with E-state index >= 15 is 0 Å². The molecule has 1 N–H and O–H groups in total. The van der Waals surface area contributed by atoms with E-state index in [1.165, 1.54) is 25.7 Å². The lowest BCUT2D eigenvalue weighted by Gasteiger charge is -2.61. The maximum Gasteiger partial charge on any atom is 0.222 e. The molecule has 4 rings (SSSR count). The summed E-state index contributed by atoms with van der Waals surface area (Å²) in [4.78, 5) is 14.2. The summed E-state index contributed by atoms with van der Waals surface area (Å²) in [5.74, 6) is 2.59. The lowest BCUT2D eigenvalue weighted by atomic mass is 9.47. The van der Waals surface area contributed by atoms with E-state index in [1.54, 1.807) is 0 Å². The van der Waals surface area contributed by atoms with E-state index in [9.17, 15) is 9.90 Å². The monoisotopic (exact) mass is 305 g/mol. The fraction of sp³-hybridized carbons (Fsp3) is 0.947. The van der Waals surface area contributed by atoms with Crippen LogP contribution in [0.4, 0.5) is 0 Å². The molecule has 0 unspecified atom stereocenters. The van der Waals surface area contributed by atoms with Crippen molar-refractivity contribution in [3.8, 4) is 0 Å². The van der Waals surface area contributed by atoms with Crippen LogP contribution in [0.3, 0.4) is 0 Å². The van der Waals surface area contributed by atoms with Crippen LogP contribution >= 0.6 is 0 Å². The lowest BCUT2D eigenvalue weighted by Crippen LogP contribution is -2.61. The van der Waals surface area contributed by atoms with E-state index in [4.69, 9.17) is 0 Å². The Morgan fingerprint density at radius 3 is 2.68 bits per heavy atom. The Morgan fingerprint density at radius 1 is 1.14 bits per heavy atom. The van der Waals surface area contributed by atoms with E-state index in [2.05, 4.69) is 18.7 Å². The van der Waals surface area contributed by atoms with Gasteiger partial charge < -0.3 is 10.0 Å². The van der Waals surface area contributed by atoms with Crippen LogP contribution in [-0.2, 0) is 4.79 Å². The normalized spacial score (nSPS) is 54.6. The highest BCUT2D eigenvalue weighted by Crippen LogP contribution is 2.64. The molecule has 0 spiro atoms. The van der Waals surface area contributed by atoms with Crippen LogP contribution in [0.2, 0.25) is 0 Å². The molecule has 4 aliphatic rings. The van der Waals surface area contributed by atoms with Crippen molar-refractivity contribution in [1.29, 1.82) is 0 Å². The van der Waals surface area contributed by atoms with Crippen molar-refractivity contribution in [1.82, 2.24) is 4.90 Å². The zero-order chi connectivity index (χ0) is 15.7. The summed E-state index contributed by atoms with van der Waals surface area (Å²) in [5.41, 5.74) is 0.681. The zero-order valence-corrected chi connectivity index (χ0v) is 14.3. The van der Waals surface area contributed by atoms with Crippen LogP contribution in [0, 0.1) is 28.6 Å². The van der Waals surface area contributed by atoms with Crippen molar-refractivity contribution in [2.45, 2.75) is 77.4 Å². The standard InChI is InChI=1S/C19H31NO2/c1-18-8-6-14-13(15(18)10-12(21)11-18)4-5-16-19(14,2)9-7-17(22)20(16)3/h12-16,21H,4-11H2,1-3H3/t12-,13-,14+,15+,16-,18-,19-/m1/s1. The molecule has 3 aliphatic carbocycles. The Kier molecular flexibility index (Phi) is 3.21. The molecule has 0 bridgehead atoms. The number of rotatable bonds is 0. The van der Waals surface area contributed by atoms with Gasteiger partial charge in [0.1, 0.15) is 0 Å². The lowest BCUT2D eigenvalue weighted by molar-refractivity contribution is -0.156. The molecule has 7 atom stereocenters. The van der Waals surface area contributed by atoms with Crippen LogP contribution in [0.5, 0.6) is 0 Å². The molecule has 3 heteroatoms. The van der Waals surface area contributed by atoms with Crippen LogP contribution < -0.4 is 0 Å². The second kappa shape index (κ2) is 4.72. The van der Waals surface area contributed by atoms with Gasteiger partial charge in [0, 0.05) is 19.5 Å². The molecule has 4 fully saturated rings. The van der Waals surface area contributed by atoms with E-state index in [1.807, 2.05) is 7.05 Å². The number of amides is 1. The van der Waals surface area contributed by atoms with Crippen molar-refractivity contribution in [3.63, 3.8) is 0 Å². The molecule has 3 nitrogen and oxygen atoms in total. The minimum atomic E-state index is -0.0742. The smallest absolute Gasteiger partial charge is 0.222 e. The first-order valence-electron chi connectivity index (χ1n) is 9.29. The van der Waals surface area contributed by atoms with Crippen molar-refractivity contribution >= 4 is 5.91 Å². The fourth-order valence-electron chi connectivity index (χ4n) is 7.17. The Labute approximate surface area is 134 Å². The van der Waals surface area contributed by atoms with Gasteiger partial charge in [-0.2, -0.15) is 0 Å². The SMILES string of the molecule is CN1C(=O)CC[C@]2(C)[C@H]3CC[C@]4(C)C[C@H](O)C[C@H]4[C@@H]3CC[C@@H]12. The highest BCUT2D eigenvalue weighted by molar-refractivity contribution is 5.77. The summed E-state index contributed by atoms with van der Waals surface area (Å²) in [6, 6.07) is 0.450. The largest absolute Gasteiger partial charge is 0.393 e. The number of hydrogen-bond acceptors (Lipinski definition) is 2. The van der Waals surface area contributed by atoms with Gasteiger partial charge in [0.25, 0.3) is 0 Å². The van der Waals surface area contributed by atoms with Gasteiger partial charge in [-0.1, -0.05) is 13.8 Å². The highest BCUT2D eigenvalue weighted by atomic mass is 16.3. The molecule has 0 aromatic heterocycles. The topological polar surface area (TPSA) is 40.5 Å². The Balaban J connectivity index is 1.65. The van der Waals surface area contributed by atoms with E-state index in [-0.39, 0.29) is 6.10 Å². The number of carbonyl (C=O) groups excluding carboxylic acids is 1. The Bertz CT molecular complexity index is 492. The van der Waals surface area contributed by atoms with E-state index in [0.29, 0.717) is 28.7 Å². The summed E-state index contributed by atoms with van der Waals surface area (Å²) in [7, 11) is 2.02. The zero-order valence-electron chi connectivity index (χ0n) is 14.3. The number of piperidine rings is 1. The number of carbonyl (C=O) groups is 1. The van der Waals surface area contributed by atoms with Crippen LogP contribution in [0.25, 0.3) is 0 Å². The third-order valence-electron chi connectivity index (χ3n) is 8.30. The van der Waals surface area contributed by atoms with E-state index < -0.39 is 0 Å². The molecular weight excluding hydrogens is 274 g/mol. The van der Waals surface area contributed by atoms with Crippen molar-refractivity contribution < 1.29 is 9.90 Å². The Hall–Kier alpha value is -0.570. The number of likely N-dealkylation sites (tertiary alicyclic amines) is 1. The van der Waals surface area contributed by atoms with Crippen LogP contribution in [-0.4, -0.2) is 35.1 Å². The molecule has 3 saturated carbocycles. The first-order valence-corrected chi connectivity index (χ1v) is 9.29. The summed E-state index contributed by atoms with van der Waals surface area (Å²) >= 11 is 0. The van der Waals surface area contributed by atoms with E-state index in [0.717, 1.165) is 37.5 Å². The molecule has 1 amide bonds. The first-order chi connectivity index (χ1) is 10.3. The number of hydrogen-bond donors (Lipinski definition) is 1. The van der Waals surface area contributed by atoms with Crippen molar-refractivity contribution in [2.24, 2.45) is 28.6 Å². The third-order valence-corrected chi connectivity index (χ3v) is 8.30. The second-order valence-corrected chi connectivity index (χ2v) is 9.27. The average Bonchev–Trinajstić information content (AvgIpc) is 2.78. The van der Waals surface area contributed by atoms with Gasteiger partial charge in [0.15, 0.2) is 0 Å². The summed E-state index contributed by atoms with van der Waals surface area (Å²) in [5, 5.41) is 10.2. The van der Waals surface area contributed by atoms with Gasteiger partial charge in [-0.15, -0.1) is 0 Å². The number of aliphatic hydroxyl groups is 1. The quantitative estimate of drug-likeness (QED) is 0.746. The van der Waals surface area contributed by atoms with Crippen molar-refractivity contribution in [3.05, 3.63) is 0 Å². The minimum absolute atomic E-state index is 0.0742. The van der Waals surface area contributed by atoms with Gasteiger partial charge in [-0.3, -0.25) is 4.79 Å². The summed E-state index contributed by atoms with van der Waals surface area (Å²) in [6.07, 6.45) is 8.78. The molecule has 0 aromatic rings. The molecule has 22 heavy (non-hydrogen) atoms. The maximum absolute atomic E-state index is 12.1. The van der Waals surface area contributed by atoms with Gasteiger partial charge in [-0.05, 0) is 73.5 Å². The maximum atomic E-state index is 12.1. The molecule has 1 saturated heterocycles. The van der Waals surface area contributed by atoms with Gasteiger partial charge in [0.05, 0.1) is 6.10 Å². The molecular formula is C19H31NO2. The minimum Gasteiger partial charge on any atom is -0.393 e. The van der Waals surface area contributed by atoms with Crippen LogP contribution in [0.1, 0.15) is 65.2 Å². The molecule has 1 aliphatic heterocycles. The average molecular weight is 305 g/mol. The third kappa shape index (κ3) is 1.87. The Morgan fingerprint density at radius 2 is 1.91 bits per heavy atom. The summed E-state index contributed by atoms with van der Waals surface area (Å²) in [6.45, 7) is 4.89. The molecule has 1 heterocycles. The fourth-order valence-corrected chi connectivity index (χ4v) is 7.17. The number of fused-ring (bicyclic) bond motifs is 5. The molecule has 0 radical (unpaired) electrons. The van der Waals surface area contributed by atoms with Gasteiger partial charge in [0.2, 0.25) is 5.91 Å².